The summed E-state index contributed by atoms with van der Waals surface area (Å²) in [6.07, 6.45) is 1.95. The number of fused-ring (bicyclic) bond motifs is 1. The molecule has 0 saturated heterocycles. The van der Waals surface area contributed by atoms with Crippen molar-refractivity contribution in [3.63, 3.8) is 0 Å². The fourth-order valence-electron chi connectivity index (χ4n) is 2.07. The molecule has 0 amide bonds. The summed E-state index contributed by atoms with van der Waals surface area (Å²) in [7, 11) is 1.93. The van der Waals surface area contributed by atoms with E-state index in [0.717, 1.165) is 16.5 Å². The number of carbonyl (C=O) groups is 1. The molecule has 0 aliphatic heterocycles. The van der Waals surface area contributed by atoms with Gasteiger partial charge >= 0.3 is 5.97 Å². The van der Waals surface area contributed by atoms with Crippen molar-refractivity contribution in [2.75, 3.05) is 0 Å². The first kappa shape index (κ1) is 10.6. The van der Waals surface area contributed by atoms with Crippen molar-refractivity contribution in [3.05, 3.63) is 42.3 Å². The summed E-state index contributed by atoms with van der Waals surface area (Å²) in [5.41, 5.74) is 2.39. The predicted octanol–water partition coefficient (Wildman–Crippen LogP) is 2.53. The first-order chi connectivity index (χ1) is 8.66. The van der Waals surface area contributed by atoms with E-state index in [-0.39, 0.29) is 5.76 Å². The van der Waals surface area contributed by atoms with E-state index >= 15 is 0 Å². The third-order valence-corrected chi connectivity index (χ3v) is 2.89. The Morgan fingerprint density at radius 2 is 2.22 bits per heavy atom. The maximum Gasteiger partial charge on any atom is 0.374 e. The van der Waals surface area contributed by atoms with Crippen LogP contribution in [0.15, 0.2) is 41.1 Å². The normalized spacial score (nSPS) is 10.9. The van der Waals surface area contributed by atoms with Gasteiger partial charge in [-0.1, -0.05) is 23.4 Å². The second-order valence-corrected chi connectivity index (χ2v) is 4.05. The molecular formula is C13H10N2O3. The number of aromatic nitrogens is 2. The van der Waals surface area contributed by atoms with Crippen molar-refractivity contribution >= 4 is 16.9 Å². The molecule has 0 bridgehead atoms. The molecule has 0 fully saturated rings. The zero-order chi connectivity index (χ0) is 12.7. The Balaban J connectivity index is 2.24. The van der Waals surface area contributed by atoms with Gasteiger partial charge in [-0.3, -0.25) is 0 Å². The van der Waals surface area contributed by atoms with Crippen LogP contribution in [0.1, 0.15) is 10.6 Å². The van der Waals surface area contributed by atoms with Crippen molar-refractivity contribution < 1.29 is 14.4 Å². The third kappa shape index (κ3) is 1.48. The Morgan fingerprint density at radius 3 is 2.94 bits per heavy atom. The Bertz CT molecular complexity index is 740. The van der Waals surface area contributed by atoms with Crippen LogP contribution in [-0.4, -0.2) is 20.8 Å². The van der Waals surface area contributed by atoms with Crippen LogP contribution in [0, 0.1) is 0 Å². The van der Waals surface area contributed by atoms with Crippen molar-refractivity contribution in [1.82, 2.24) is 9.72 Å². The molecule has 0 unspecified atom stereocenters. The summed E-state index contributed by atoms with van der Waals surface area (Å²) in [5.74, 6) is -1.27. The zero-order valence-corrected chi connectivity index (χ0v) is 9.62. The number of aryl methyl sites for hydroxylation is 1. The molecule has 2 heterocycles. The fourth-order valence-corrected chi connectivity index (χ4v) is 2.07. The van der Waals surface area contributed by atoms with E-state index in [1.807, 2.05) is 42.1 Å². The number of carboxylic acids is 1. The van der Waals surface area contributed by atoms with Gasteiger partial charge in [0.1, 0.15) is 5.69 Å². The topological polar surface area (TPSA) is 68.3 Å². The molecule has 0 radical (unpaired) electrons. The lowest BCUT2D eigenvalue weighted by Gasteiger charge is -2.02. The zero-order valence-electron chi connectivity index (χ0n) is 9.62. The molecule has 90 valence electrons. The van der Waals surface area contributed by atoms with E-state index in [4.69, 9.17) is 9.63 Å². The number of hydrogen-bond acceptors (Lipinski definition) is 3. The molecule has 18 heavy (non-hydrogen) atoms. The minimum Gasteiger partial charge on any atom is -0.475 e. The monoisotopic (exact) mass is 242 g/mol. The van der Waals surface area contributed by atoms with E-state index in [9.17, 15) is 4.79 Å². The Labute approximate surface area is 102 Å². The quantitative estimate of drug-likeness (QED) is 0.749. The van der Waals surface area contributed by atoms with Crippen molar-refractivity contribution in [1.29, 1.82) is 0 Å². The van der Waals surface area contributed by atoms with Gasteiger partial charge in [0.05, 0.1) is 5.52 Å². The van der Waals surface area contributed by atoms with Crippen LogP contribution in [-0.2, 0) is 7.05 Å². The summed E-state index contributed by atoms with van der Waals surface area (Å²) < 4.78 is 6.76. The van der Waals surface area contributed by atoms with Gasteiger partial charge in [0.15, 0.2) is 0 Å². The standard InChI is InChI=1S/C13H10N2O3/c1-15-6-5-8-3-2-4-9(12(8)15)10-7-11(13(16)17)18-14-10/h2-7H,1H3,(H,16,17). The third-order valence-electron chi connectivity index (χ3n) is 2.89. The average Bonchev–Trinajstić information content (AvgIpc) is 2.96. The van der Waals surface area contributed by atoms with Gasteiger partial charge in [0.25, 0.3) is 0 Å². The van der Waals surface area contributed by atoms with Gasteiger partial charge in [-0.05, 0) is 6.07 Å². The summed E-state index contributed by atoms with van der Waals surface area (Å²) >= 11 is 0. The van der Waals surface area contributed by atoms with Crippen molar-refractivity contribution in [2.45, 2.75) is 0 Å². The average molecular weight is 242 g/mol. The molecular weight excluding hydrogens is 232 g/mol. The number of hydrogen-bond donors (Lipinski definition) is 1. The van der Waals surface area contributed by atoms with Crippen LogP contribution in [0.25, 0.3) is 22.2 Å². The second-order valence-electron chi connectivity index (χ2n) is 4.05. The van der Waals surface area contributed by atoms with E-state index in [1.54, 1.807) is 0 Å². The van der Waals surface area contributed by atoms with Gasteiger partial charge in [-0.25, -0.2) is 4.79 Å². The number of benzene rings is 1. The number of para-hydroxylation sites is 1. The molecule has 0 spiro atoms. The van der Waals surface area contributed by atoms with Gasteiger partial charge < -0.3 is 14.2 Å². The maximum atomic E-state index is 10.8. The molecule has 5 heteroatoms. The maximum absolute atomic E-state index is 10.8. The summed E-state index contributed by atoms with van der Waals surface area (Å²) in [5, 5.41) is 13.7. The van der Waals surface area contributed by atoms with Crippen LogP contribution in [0.5, 0.6) is 0 Å². The lowest BCUT2D eigenvalue weighted by atomic mass is 10.1. The first-order valence-corrected chi connectivity index (χ1v) is 5.41. The van der Waals surface area contributed by atoms with E-state index in [2.05, 4.69) is 5.16 Å². The van der Waals surface area contributed by atoms with E-state index in [0.29, 0.717) is 5.69 Å². The van der Waals surface area contributed by atoms with Gasteiger partial charge in [0.2, 0.25) is 5.76 Å². The molecule has 0 atom stereocenters. The highest BCUT2D eigenvalue weighted by Crippen LogP contribution is 2.28. The molecule has 0 aliphatic rings. The molecule has 0 saturated carbocycles. The molecule has 5 nitrogen and oxygen atoms in total. The lowest BCUT2D eigenvalue weighted by Crippen LogP contribution is -1.91. The SMILES string of the molecule is Cn1ccc2cccc(-c3cc(C(=O)O)on3)c21. The number of carboxylic acid groups (broad SMARTS) is 1. The predicted molar refractivity (Wildman–Crippen MR) is 65.4 cm³/mol. The minimum absolute atomic E-state index is 0.156. The highest BCUT2D eigenvalue weighted by atomic mass is 16.5. The number of rotatable bonds is 2. The van der Waals surface area contributed by atoms with Gasteiger partial charge in [-0.15, -0.1) is 0 Å². The van der Waals surface area contributed by atoms with Crippen LogP contribution < -0.4 is 0 Å². The van der Waals surface area contributed by atoms with Crippen LogP contribution in [0.2, 0.25) is 0 Å². The van der Waals surface area contributed by atoms with Gasteiger partial charge in [0, 0.05) is 30.3 Å². The molecule has 0 aliphatic carbocycles. The molecule has 2 aromatic heterocycles. The largest absolute Gasteiger partial charge is 0.475 e. The minimum atomic E-state index is -1.12. The Morgan fingerprint density at radius 1 is 1.39 bits per heavy atom. The highest BCUT2D eigenvalue weighted by molar-refractivity contribution is 5.95. The van der Waals surface area contributed by atoms with Crippen molar-refractivity contribution in [2.24, 2.45) is 7.05 Å². The smallest absolute Gasteiger partial charge is 0.374 e. The number of aromatic carboxylic acids is 1. The van der Waals surface area contributed by atoms with Crippen LogP contribution >= 0.6 is 0 Å². The first-order valence-electron chi connectivity index (χ1n) is 5.41. The highest BCUT2D eigenvalue weighted by Gasteiger charge is 2.15. The van der Waals surface area contributed by atoms with Crippen LogP contribution in [0.4, 0.5) is 0 Å². The molecule has 1 N–H and O–H groups in total. The summed E-state index contributed by atoms with van der Waals surface area (Å²) in [6.45, 7) is 0. The Hall–Kier alpha value is -2.56. The van der Waals surface area contributed by atoms with E-state index < -0.39 is 5.97 Å². The van der Waals surface area contributed by atoms with Gasteiger partial charge in [-0.2, -0.15) is 0 Å². The summed E-state index contributed by atoms with van der Waals surface area (Å²) in [6, 6.07) is 9.23. The lowest BCUT2D eigenvalue weighted by molar-refractivity contribution is 0.0652. The molecule has 1 aromatic carbocycles. The fraction of sp³-hybridized carbons (Fsp3) is 0.0769. The summed E-state index contributed by atoms with van der Waals surface area (Å²) in [4.78, 5) is 10.8. The molecule has 3 aromatic rings. The van der Waals surface area contributed by atoms with Crippen molar-refractivity contribution in [3.8, 4) is 11.3 Å². The molecule has 3 rings (SSSR count). The second kappa shape index (κ2) is 3.73. The number of nitrogens with zero attached hydrogens (tertiary/aromatic N) is 2. The van der Waals surface area contributed by atoms with Crippen LogP contribution in [0.3, 0.4) is 0 Å². The van der Waals surface area contributed by atoms with E-state index in [1.165, 1.54) is 6.07 Å². The Kier molecular flexibility index (Phi) is 2.19.